The van der Waals surface area contributed by atoms with Gasteiger partial charge < -0.3 is 0 Å². The molecule has 76 valence electrons. The Kier molecular flexibility index (Phi) is 6.38. The van der Waals surface area contributed by atoms with Gasteiger partial charge in [-0.1, -0.05) is 35.5 Å². The van der Waals surface area contributed by atoms with Crippen LogP contribution in [0.1, 0.15) is 27.7 Å². The van der Waals surface area contributed by atoms with E-state index < -0.39 is 0 Å². The van der Waals surface area contributed by atoms with Crippen molar-refractivity contribution in [2.24, 2.45) is 0 Å². The summed E-state index contributed by atoms with van der Waals surface area (Å²) in [7, 11) is 0. The van der Waals surface area contributed by atoms with Crippen LogP contribution in [-0.4, -0.2) is 5.78 Å². The van der Waals surface area contributed by atoms with Gasteiger partial charge in [0.2, 0.25) is 0 Å². The Morgan fingerprint density at radius 1 is 0.786 bits per heavy atom. The smallest absolute Gasteiger partial charge is 0.178 e. The highest BCUT2D eigenvalue weighted by molar-refractivity contribution is 5.99. The van der Waals surface area contributed by atoms with E-state index in [0.29, 0.717) is 0 Å². The van der Waals surface area contributed by atoms with Crippen molar-refractivity contribution < 1.29 is 4.79 Å². The predicted molar refractivity (Wildman–Crippen MR) is 62.1 cm³/mol. The van der Waals surface area contributed by atoms with Gasteiger partial charge in [0.1, 0.15) is 0 Å². The molecule has 0 spiro atoms. The van der Waals surface area contributed by atoms with Gasteiger partial charge in [0.25, 0.3) is 0 Å². The minimum absolute atomic E-state index is 0.0139. The highest BCUT2D eigenvalue weighted by Gasteiger charge is 1.84. The molecule has 0 heterocycles. The van der Waals surface area contributed by atoms with Crippen molar-refractivity contribution in [1.82, 2.24) is 0 Å². The van der Waals surface area contributed by atoms with Crippen LogP contribution in [0.25, 0.3) is 0 Å². The van der Waals surface area contributed by atoms with E-state index in [1.807, 2.05) is 39.8 Å². The van der Waals surface area contributed by atoms with Crippen molar-refractivity contribution in [3.8, 4) is 0 Å². The first kappa shape index (κ1) is 12.6. The van der Waals surface area contributed by atoms with Crippen LogP contribution < -0.4 is 0 Å². The minimum Gasteiger partial charge on any atom is -0.290 e. The Labute approximate surface area is 86.5 Å². The summed E-state index contributed by atoms with van der Waals surface area (Å²) in [5, 5.41) is 0. The lowest BCUT2D eigenvalue weighted by Crippen LogP contribution is -1.83. The summed E-state index contributed by atoms with van der Waals surface area (Å²) in [4.78, 5) is 11.2. The first-order chi connectivity index (χ1) is 6.52. The highest BCUT2D eigenvalue weighted by Crippen LogP contribution is 1.92. The van der Waals surface area contributed by atoms with Crippen LogP contribution >= 0.6 is 0 Å². The fourth-order valence-electron chi connectivity index (χ4n) is 0.726. The first-order valence-electron chi connectivity index (χ1n) is 4.69. The molecular formula is C13H18O. The molecule has 0 rings (SSSR count). The summed E-state index contributed by atoms with van der Waals surface area (Å²) in [6, 6.07) is 0. The van der Waals surface area contributed by atoms with Gasteiger partial charge in [-0.3, -0.25) is 4.79 Å². The zero-order valence-electron chi connectivity index (χ0n) is 9.37. The maximum Gasteiger partial charge on any atom is 0.178 e. The maximum atomic E-state index is 11.2. The molecule has 0 unspecified atom stereocenters. The molecule has 1 nitrogen and oxygen atoms in total. The molecule has 0 fully saturated rings. The van der Waals surface area contributed by atoms with Crippen molar-refractivity contribution in [3.05, 3.63) is 47.6 Å². The summed E-state index contributed by atoms with van der Waals surface area (Å²) in [6.07, 6.45) is 10.5. The van der Waals surface area contributed by atoms with E-state index in [9.17, 15) is 4.79 Å². The summed E-state index contributed by atoms with van der Waals surface area (Å²) in [5.41, 5.74) is 2.37. The van der Waals surface area contributed by atoms with E-state index in [0.717, 1.165) is 0 Å². The fraction of sp³-hybridized carbons (Fsp3) is 0.308. The van der Waals surface area contributed by atoms with Gasteiger partial charge in [-0.2, -0.15) is 0 Å². The number of carbonyl (C=O) groups is 1. The molecule has 0 amide bonds. The predicted octanol–water partition coefficient (Wildman–Crippen LogP) is 3.60. The molecule has 0 bridgehead atoms. The average molecular weight is 190 g/mol. The topological polar surface area (TPSA) is 17.1 Å². The first-order valence-corrected chi connectivity index (χ1v) is 4.69. The molecule has 0 aliphatic heterocycles. The molecule has 0 atom stereocenters. The number of allylic oxidation sites excluding steroid dienone is 8. The lowest BCUT2D eigenvalue weighted by molar-refractivity contribution is -0.110. The molecule has 0 aromatic rings. The molecule has 0 radical (unpaired) electrons. The van der Waals surface area contributed by atoms with Crippen molar-refractivity contribution in [2.45, 2.75) is 27.7 Å². The Morgan fingerprint density at radius 3 is 1.43 bits per heavy atom. The molecule has 14 heavy (non-hydrogen) atoms. The van der Waals surface area contributed by atoms with Gasteiger partial charge in [-0.15, -0.1) is 0 Å². The zero-order chi connectivity index (χ0) is 11.0. The summed E-state index contributed by atoms with van der Waals surface area (Å²) < 4.78 is 0. The second-order valence-electron chi connectivity index (χ2n) is 3.61. The lowest BCUT2D eigenvalue weighted by Gasteiger charge is -1.84. The minimum atomic E-state index is 0.0139. The Balaban J connectivity index is 4.12. The number of hydrogen-bond donors (Lipinski definition) is 0. The number of ketones is 1. The van der Waals surface area contributed by atoms with Crippen molar-refractivity contribution in [1.29, 1.82) is 0 Å². The van der Waals surface area contributed by atoms with Crippen molar-refractivity contribution in [2.75, 3.05) is 0 Å². The largest absolute Gasteiger partial charge is 0.290 e. The summed E-state index contributed by atoms with van der Waals surface area (Å²) >= 11 is 0. The van der Waals surface area contributed by atoms with Gasteiger partial charge in [-0.25, -0.2) is 0 Å². The van der Waals surface area contributed by atoms with Crippen LogP contribution in [0, 0.1) is 0 Å². The van der Waals surface area contributed by atoms with Crippen LogP contribution in [0.15, 0.2) is 47.6 Å². The second-order valence-corrected chi connectivity index (χ2v) is 3.61. The van der Waals surface area contributed by atoms with Crippen LogP contribution in [0.5, 0.6) is 0 Å². The zero-order valence-corrected chi connectivity index (χ0v) is 9.37. The maximum absolute atomic E-state index is 11.2. The van der Waals surface area contributed by atoms with Gasteiger partial charge in [0.05, 0.1) is 0 Å². The van der Waals surface area contributed by atoms with Crippen LogP contribution in [0.3, 0.4) is 0 Å². The molecule has 0 saturated carbocycles. The third-order valence-corrected chi connectivity index (χ3v) is 1.38. The third-order valence-electron chi connectivity index (χ3n) is 1.38. The Morgan fingerprint density at radius 2 is 1.14 bits per heavy atom. The van der Waals surface area contributed by atoms with Crippen molar-refractivity contribution in [3.63, 3.8) is 0 Å². The molecule has 0 aromatic carbocycles. The quantitative estimate of drug-likeness (QED) is 0.489. The summed E-state index contributed by atoms with van der Waals surface area (Å²) in [5.74, 6) is 0.0139. The number of rotatable bonds is 4. The van der Waals surface area contributed by atoms with Crippen LogP contribution in [0.4, 0.5) is 0 Å². The highest BCUT2D eigenvalue weighted by atomic mass is 16.1. The fourth-order valence-corrected chi connectivity index (χ4v) is 0.726. The lowest BCUT2D eigenvalue weighted by atomic mass is 10.2. The Bertz CT molecular complexity index is 263. The molecule has 0 saturated heterocycles. The van der Waals surface area contributed by atoms with Crippen molar-refractivity contribution >= 4 is 5.78 Å². The number of carbonyl (C=O) groups excluding carboxylic acids is 1. The van der Waals surface area contributed by atoms with Gasteiger partial charge in [-0.05, 0) is 39.8 Å². The van der Waals surface area contributed by atoms with Crippen LogP contribution in [0.2, 0.25) is 0 Å². The number of hydrogen-bond acceptors (Lipinski definition) is 1. The molecular weight excluding hydrogens is 172 g/mol. The SMILES string of the molecule is CC(C)=CC=CC(=O)C=CC=C(C)C. The van der Waals surface area contributed by atoms with E-state index in [1.165, 1.54) is 11.1 Å². The monoisotopic (exact) mass is 190 g/mol. The Hall–Kier alpha value is -1.37. The molecule has 0 aliphatic carbocycles. The van der Waals surface area contributed by atoms with Crippen LogP contribution in [-0.2, 0) is 4.79 Å². The van der Waals surface area contributed by atoms with Gasteiger partial charge in [0.15, 0.2) is 5.78 Å². The molecule has 0 N–H and O–H groups in total. The normalized spacial score (nSPS) is 10.6. The summed E-state index contributed by atoms with van der Waals surface area (Å²) in [6.45, 7) is 7.98. The second kappa shape index (κ2) is 7.07. The van der Waals surface area contributed by atoms with E-state index in [1.54, 1.807) is 24.3 Å². The molecule has 0 aromatic heterocycles. The molecule has 0 aliphatic rings. The van der Waals surface area contributed by atoms with Gasteiger partial charge in [0, 0.05) is 0 Å². The standard InChI is InChI=1S/C13H18O/c1-11(2)7-5-9-13(14)10-6-8-12(3)4/h5-10H,1-4H3. The van der Waals surface area contributed by atoms with Gasteiger partial charge >= 0.3 is 0 Å². The average Bonchev–Trinajstić information content (AvgIpc) is 2.02. The van der Waals surface area contributed by atoms with E-state index in [4.69, 9.17) is 0 Å². The van der Waals surface area contributed by atoms with E-state index in [2.05, 4.69) is 0 Å². The van der Waals surface area contributed by atoms with E-state index in [-0.39, 0.29) is 5.78 Å². The third kappa shape index (κ3) is 8.72. The van der Waals surface area contributed by atoms with E-state index >= 15 is 0 Å². The molecule has 1 heteroatoms.